The van der Waals surface area contributed by atoms with Crippen LogP contribution in [0.25, 0.3) is 0 Å². The molecule has 17 heavy (non-hydrogen) atoms. The van der Waals surface area contributed by atoms with Gasteiger partial charge in [-0.15, -0.1) is 0 Å². The minimum Gasteiger partial charge on any atom is -0.378 e. The Hall–Kier alpha value is -0.910. The van der Waals surface area contributed by atoms with Crippen LogP contribution in [0.15, 0.2) is 16.8 Å². The van der Waals surface area contributed by atoms with Gasteiger partial charge in [0.2, 0.25) is 5.91 Å². The van der Waals surface area contributed by atoms with E-state index in [1.807, 2.05) is 5.38 Å². The van der Waals surface area contributed by atoms with Gasteiger partial charge in [0.25, 0.3) is 0 Å². The Morgan fingerprint density at radius 2 is 2.53 bits per heavy atom. The van der Waals surface area contributed by atoms with Crippen molar-refractivity contribution in [3.63, 3.8) is 0 Å². The van der Waals surface area contributed by atoms with E-state index < -0.39 is 0 Å². The zero-order valence-electron chi connectivity index (χ0n) is 9.94. The SMILES string of the molecule is CO[C@H]1CNCC1NC(=O)CCc1ccsc1. The van der Waals surface area contributed by atoms with Crippen LogP contribution in [0.1, 0.15) is 12.0 Å². The standard InChI is InChI=1S/C12H18N2O2S/c1-16-11-7-13-6-10(11)14-12(15)3-2-9-4-5-17-8-9/h4-5,8,10-11,13H,2-3,6-7H2,1H3,(H,14,15)/t10?,11-/m0/s1. The molecule has 0 bridgehead atoms. The van der Waals surface area contributed by atoms with E-state index in [0.717, 1.165) is 19.5 Å². The third-order valence-electron chi connectivity index (χ3n) is 3.03. The second-order valence-corrected chi connectivity index (χ2v) is 5.02. The molecule has 0 saturated carbocycles. The first-order valence-corrected chi connectivity index (χ1v) is 6.78. The predicted octanol–water partition coefficient (Wildman–Crippen LogP) is 0.784. The van der Waals surface area contributed by atoms with E-state index in [4.69, 9.17) is 4.74 Å². The minimum atomic E-state index is 0.0973. The van der Waals surface area contributed by atoms with Crippen LogP contribution in [0.3, 0.4) is 0 Å². The largest absolute Gasteiger partial charge is 0.378 e. The number of methoxy groups -OCH3 is 1. The van der Waals surface area contributed by atoms with Crippen molar-refractivity contribution in [2.45, 2.75) is 25.0 Å². The first-order chi connectivity index (χ1) is 8.29. The second kappa shape index (κ2) is 6.14. The number of amides is 1. The zero-order chi connectivity index (χ0) is 12.1. The average Bonchev–Trinajstić information content (AvgIpc) is 2.97. The highest BCUT2D eigenvalue weighted by Crippen LogP contribution is 2.09. The first kappa shape index (κ1) is 12.5. The van der Waals surface area contributed by atoms with E-state index in [0.29, 0.717) is 6.42 Å². The number of hydrogen-bond donors (Lipinski definition) is 2. The lowest BCUT2D eigenvalue weighted by Gasteiger charge is -2.18. The molecule has 2 rings (SSSR count). The van der Waals surface area contributed by atoms with Crippen molar-refractivity contribution in [3.05, 3.63) is 22.4 Å². The number of hydrogen-bond acceptors (Lipinski definition) is 4. The molecule has 1 aliphatic rings. The van der Waals surface area contributed by atoms with Crippen LogP contribution in [-0.2, 0) is 16.0 Å². The van der Waals surface area contributed by atoms with Gasteiger partial charge in [-0.3, -0.25) is 4.79 Å². The summed E-state index contributed by atoms with van der Waals surface area (Å²) < 4.78 is 5.30. The molecule has 5 heteroatoms. The summed E-state index contributed by atoms with van der Waals surface area (Å²) in [4.78, 5) is 11.8. The molecular formula is C12H18N2O2S. The molecule has 1 amide bonds. The van der Waals surface area contributed by atoms with Crippen molar-refractivity contribution in [1.29, 1.82) is 0 Å². The third-order valence-corrected chi connectivity index (χ3v) is 3.76. The van der Waals surface area contributed by atoms with E-state index in [1.165, 1.54) is 5.56 Å². The third kappa shape index (κ3) is 3.52. The molecule has 1 fully saturated rings. The van der Waals surface area contributed by atoms with Gasteiger partial charge >= 0.3 is 0 Å². The van der Waals surface area contributed by atoms with Crippen molar-refractivity contribution in [2.24, 2.45) is 0 Å². The number of carbonyl (C=O) groups is 1. The maximum Gasteiger partial charge on any atom is 0.220 e. The summed E-state index contributed by atoms with van der Waals surface area (Å²) in [6.07, 6.45) is 1.46. The van der Waals surface area contributed by atoms with E-state index in [2.05, 4.69) is 22.1 Å². The van der Waals surface area contributed by atoms with Crippen LogP contribution in [0.2, 0.25) is 0 Å². The fourth-order valence-electron chi connectivity index (χ4n) is 2.02. The number of nitrogens with one attached hydrogen (secondary N) is 2. The monoisotopic (exact) mass is 254 g/mol. The fourth-order valence-corrected chi connectivity index (χ4v) is 2.72. The van der Waals surface area contributed by atoms with E-state index in [9.17, 15) is 4.79 Å². The van der Waals surface area contributed by atoms with Gasteiger partial charge < -0.3 is 15.4 Å². The number of rotatable bonds is 5. The first-order valence-electron chi connectivity index (χ1n) is 5.83. The summed E-state index contributed by atoms with van der Waals surface area (Å²) in [5.74, 6) is 0.104. The van der Waals surface area contributed by atoms with Crippen LogP contribution in [0.5, 0.6) is 0 Å². The normalized spacial score (nSPS) is 23.8. The molecule has 0 radical (unpaired) electrons. The Kier molecular flexibility index (Phi) is 4.53. The van der Waals surface area contributed by atoms with Crippen LogP contribution in [-0.4, -0.2) is 38.3 Å². The summed E-state index contributed by atoms with van der Waals surface area (Å²) in [7, 11) is 1.68. The molecule has 94 valence electrons. The molecule has 0 aromatic carbocycles. The van der Waals surface area contributed by atoms with E-state index >= 15 is 0 Å². The quantitative estimate of drug-likeness (QED) is 0.816. The van der Waals surface area contributed by atoms with E-state index in [-0.39, 0.29) is 18.1 Å². The fraction of sp³-hybridized carbons (Fsp3) is 0.583. The molecule has 1 unspecified atom stereocenters. The number of ether oxygens (including phenoxy) is 1. The Bertz CT molecular complexity index is 353. The molecule has 2 N–H and O–H groups in total. The van der Waals surface area contributed by atoms with Gasteiger partial charge in [0, 0.05) is 26.6 Å². The molecule has 4 nitrogen and oxygen atoms in total. The van der Waals surface area contributed by atoms with Gasteiger partial charge in [-0.25, -0.2) is 0 Å². The maximum absolute atomic E-state index is 11.8. The van der Waals surface area contributed by atoms with Crippen molar-refractivity contribution < 1.29 is 9.53 Å². The zero-order valence-corrected chi connectivity index (χ0v) is 10.8. The van der Waals surface area contributed by atoms with Gasteiger partial charge in [-0.2, -0.15) is 11.3 Å². The van der Waals surface area contributed by atoms with Crippen molar-refractivity contribution in [2.75, 3.05) is 20.2 Å². The van der Waals surface area contributed by atoms with Gasteiger partial charge in [-0.05, 0) is 28.8 Å². The smallest absolute Gasteiger partial charge is 0.220 e. The Morgan fingerprint density at radius 1 is 1.65 bits per heavy atom. The highest BCUT2D eigenvalue weighted by molar-refractivity contribution is 7.07. The van der Waals surface area contributed by atoms with E-state index in [1.54, 1.807) is 18.4 Å². The number of aryl methyl sites for hydroxylation is 1. The van der Waals surface area contributed by atoms with Gasteiger partial charge in [0.15, 0.2) is 0 Å². The minimum absolute atomic E-state index is 0.0973. The lowest BCUT2D eigenvalue weighted by Crippen LogP contribution is -2.43. The Morgan fingerprint density at radius 3 is 3.24 bits per heavy atom. The van der Waals surface area contributed by atoms with Crippen molar-refractivity contribution in [1.82, 2.24) is 10.6 Å². The summed E-state index contributed by atoms with van der Waals surface area (Å²) in [5.41, 5.74) is 1.23. The summed E-state index contributed by atoms with van der Waals surface area (Å²) in [5, 5.41) is 10.4. The molecule has 0 aliphatic carbocycles. The topological polar surface area (TPSA) is 50.4 Å². The van der Waals surface area contributed by atoms with Gasteiger partial charge in [0.05, 0.1) is 12.1 Å². The predicted molar refractivity (Wildman–Crippen MR) is 68.2 cm³/mol. The molecule has 2 atom stereocenters. The van der Waals surface area contributed by atoms with Gasteiger partial charge in [0.1, 0.15) is 0 Å². The Balaban J connectivity index is 1.73. The lowest BCUT2D eigenvalue weighted by molar-refractivity contribution is -0.122. The molecule has 1 aromatic rings. The maximum atomic E-state index is 11.8. The molecule has 1 aliphatic heterocycles. The van der Waals surface area contributed by atoms with Crippen LogP contribution < -0.4 is 10.6 Å². The molecule has 1 saturated heterocycles. The van der Waals surface area contributed by atoms with Crippen LogP contribution >= 0.6 is 11.3 Å². The lowest BCUT2D eigenvalue weighted by atomic mass is 10.1. The highest BCUT2D eigenvalue weighted by atomic mass is 32.1. The molecule has 1 aromatic heterocycles. The van der Waals surface area contributed by atoms with Gasteiger partial charge in [-0.1, -0.05) is 0 Å². The van der Waals surface area contributed by atoms with Crippen LogP contribution in [0.4, 0.5) is 0 Å². The van der Waals surface area contributed by atoms with Crippen molar-refractivity contribution in [3.8, 4) is 0 Å². The summed E-state index contributed by atoms with van der Waals surface area (Å²) >= 11 is 1.67. The van der Waals surface area contributed by atoms with Crippen LogP contribution in [0, 0.1) is 0 Å². The second-order valence-electron chi connectivity index (χ2n) is 4.24. The summed E-state index contributed by atoms with van der Waals surface area (Å²) in [6, 6.07) is 2.17. The summed E-state index contributed by atoms with van der Waals surface area (Å²) in [6.45, 7) is 1.61. The average molecular weight is 254 g/mol. The Labute approximate surface area is 105 Å². The number of carbonyl (C=O) groups excluding carboxylic acids is 1. The highest BCUT2D eigenvalue weighted by Gasteiger charge is 2.27. The molecule has 2 heterocycles. The molecule has 0 spiro atoms. The van der Waals surface area contributed by atoms with Crippen molar-refractivity contribution >= 4 is 17.2 Å². The number of thiophene rings is 1. The molecular weight excluding hydrogens is 236 g/mol.